The van der Waals surface area contributed by atoms with Gasteiger partial charge in [0, 0.05) is 37.4 Å². The first-order chi connectivity index (χ1) is 13.7. The summed E-state index contributed by atoms with van der Waals surface area (Å²) in [6, 6.07) is 12.7. The Bertz CT molecular complexity index is 873. The molecule has 0 unspecified atom stereocenters. The normalized spacial score (nSPS) is 15.5. The van der Waals surface area contributed by atoms with Gasteiger partial charge in [-0.15, -0.1) is 0 Å². The number of nitrogens with zero attached hydrogens (tertiary/aromatic N) is 2. The molecule has 7 nitrogen and oxygen atoms in total. The van der Waals surface area contributed by atoms with Gasteiger partial charge in [0.1, 0.15) is 0 Å². The van der Waals surface area contributed by atoms with E-state index in [9.17, 15) is 9.59 Å². The Morgan fingerprint density at radius 3 is 2.32 bits per heavy atom. The Balaban J connectivity index is 1.36. The molecule has 0 atom stereocenters. The van der Waals surface area contributed by atoms with Crippen LogP contribution in [0.2, 0.25) is 0 Å². The van der Waals surface area contributed by atoms with Crippen LogP contribution in [0.25, 0.3) is 0 Å². The quantitative estimate of drug-likeness (QED) is 0.757. The molecule has 0 saturated carbocycles. The number of esters is 1. The Hall–Kier alpha value is -3.22. The monoisotopic (exact) mass is 382 g/mol. The molecule has 146 valence electrons. The molecule has 2 heterocycles. The van der Waals surface area contributed by atoms with E-state index in [1.807, 2.05) is 17.0 Å². The molecule has 0 radical (unpaired) electrons. The smallest absolute Gasteiger partial charge is 0.338 e. The van der Waals surface area contributed by atoms with Crippen molar-refractivity contribution >= 4 is 17.6 Å². The summed E-state index contributed by atoms with van der Waals surface area (Å²) in [6.45, 7) is 5.07. The number of fused-ring (bicyclic) bond motifs is 1. The van der Waals surface area contributed by atoms with E-state index in [2.05, 4.69) is 4.90 Å². The summed E-state index contributed by atoms with van der Waals surface area (Å²) in [5.74, 6) is 0.975. The molecule has 1 saturated heterocycles. The number of anilines is 1. The summed E-state index contributed by atoms with van der Waals surface area (Å²) in [7, 11) is 0. The second kappa shape index (κ2) is 7.80. The molecule has 0 N–H and O–H groups in total. The SMILES string of the molecule is CCOC(=O)c1ccc(N2CCN(C(=O)c3ccc4c(c3)OCO4)CC2)cc1. The van der Waals surface area contributed by atoms with Gasteiger partial charge in [0.05, 0.1) is 12.2 Å². The van der Waals surface area contributed by atoms with E-state index in [1.165, 1.54) is 0 Å². The molecule has 1 fully saturated rings. The lowest BCUT2D eigenvalue weighted by Gasteiger charge is -2.36. The number of hydrogen-bond donors (Lipinski definition) is 0. The number of benzene rings is 2. The summed E-state index contributed by atoms with van der Waals surface area (Å²) in [6.07, 6.45) is 0. The van der Waals surface area contributed by atoms with Crippen LogP contribution in [0.15, 0.2) is 42.5 Å². The fourth-order valence-electron chi connectivity index (χ4n) is 3.40. The number of piperazine rings is 1. The van der Waals surface area contributed by atoms with E-state index < -0.39 is 0 Å². The topological polar surface area (TPSA) is 68.3 Å². The fraction of sp³-hybridized carbons (Fsp3) is 0.333. The van der Waals surface area contributed by atoms with Crippen molar-refractivity contribution in [2.45, 2.75) is 6.92 Å². The van der Waals surface area contributed by atoms with E-state index in [4.69, 9.17) is 14.2 Å². The van der Waals surface area contributed by atoms with Crippen LogP contribution in [0.1, 0.15) is 27.6 Å². The summed E-state index contributed by atoms with van der Waals surface area (Å²) in [4.78, 5) is 28.6. The number of rotatable bonds is 4. The van der Waals surface area contributed by atoms with Crippen LogP contribution in [-0.2, 0) is 4.74 Å². The molecule has 2 aromatic rings. The Morgan fingerprint density at radius 2 is 1.61 bits per heavy atom. The van der Waals surface area contributed by atoms with E-state index in [0.29, 0.717) is 42.3 Å². The van der Waals surface area contributed by atoms with Gasteiger partial charge in [-0.3, -0.25) is 4.79 Å². The van der Waals surface area contributed by atoms with Gasteiger partial charge >= 0.3 is 5.97 Å². The second-order valence-corrected chi connectivity index (χ2v) is 6.61. The minimum absolute atomic E-state index is 0.00407. The maximum atomic E-state index is 12.8. The van der Waals surface area contributed by atoms with E-state index in [0.717, 1.165) is 18.8 Å². The zero-order valence-electron chi connectivity index (χ0n) is 15.7. The van der Waals surface area contributed by atoms with Crippen LogP contribution in [0, 0.1) is 0 Å². The third-order valence-electron chi connectivity index (χ3n) is 4.93. The molecular weight excluding hydrogens is 360 g/mol. The van der Waals surface area contributed by atoms with Crippen molar-refractivity contribution < 1.29 is 23.8 Å². The molecule has 1 amide bonds. The lowest BCUT2D eigenvalue weighted by molar-refractivity contribution is 0.0526. The number of ether oxygens (including phenoxy) is 3. The van der Waals surface area contributed by atoms with Gasteiger partial charge in [0.25, 0.3) is 5.91 Å². The molecule has 0 spiro atoms. The highest BCUT2D eigenvalue weighted by molar-refractivity contribution is 5.95. The molecule has 28 heavy (non-hydrogen) atoms. The molecule has 0 aromatic heterocycles. The summed E-state index contributed by atoms with van der Waals surface area (Å²) >= 11 is 0. The van der Waals surface area contributed by atoms with Crippen molar-refractivity contribution in [2.24, 2.45) is 0 Å². The first-order valence-corrected chi connectivity index (χ1v) is 9.37. The summed E-state index contributed by atoms with van der Waals surface area (Å²) in [5.41, 5.74) is 2.18. The molecule has 2 aliphatic rings. The third-order valence-corrected chi connectivity index (χ3v) is 4.93. The van der Waals surface area contributed by atoms with Crippen LogP contribution < -0.4 is 14.4 Å². The first-order valence-electron chi connectivity index (χ1n) is 9.37. The van der Waals surface area contributed by atoms with Gasteiger partial charge < -0.3 is 24.0 Å². The van der Waals surface area contributed by atoms with E-state index in [-0.39, 0.29) is 18.7 Å². The molecule has 4 rings (SSSR count). The van der Waals surface area contributed by atoms with Crippen molar-refractivity contribution in [3.05, 3.63) is 53.6 Å². The van der Waals surface area contributed by atoms with Gasteiger partial charge in [0.15, 0.2) is 11.5 Å². The van der Waals surface area contributed by atoms with Crippen molar-refractivity contribution in [1.29, 1.82) is 0 Å². The predicted molar refractivity (Wildman–Crippen MR) is 103 cm³/mol. The highest BCUT2D eigenvalue weighted by Crippen LogP contribution is 2.33. The van der Waals surface area contributed by atoms with E-state index >= 15 is 0 Å². The van der Waals surface area contributed by atoms with Gasteiger partial charge in [-0.1, -0.05) is 0 Å². The number of carbonyl (C=O) groups is 2. The Labute approximate surface area is 163 Å². The van der Waals surface area contributed by atoms with Gasteiger partial charge in [-0.2, -0.15) is 0 Å². The number of amides is 1. The highest BCUT2D eigenvalue weighted by Gasteiger charge is 2.24. The Morgan fingerprint density at radius 1 is 0.929 bits per heavy atom. The van der Waals surface area contributed by atoms with Gasteiger partial charge in [-0.25, -0.2) is 4.79 Å². The average Bonchev–Trinajstić information content (AvgIpc) is 3.21. The van der Waals surface area contributed by atoms with E-state index in [1.54, 1.807) is 37.3 Å². The third kappa shape index (κ3) is 3.60. The highest BCUT2D eigenvalue weighted by atomic mass is 16.7. The zero-order valence-corrected chi connectivity index (χ0v) is 15.7. The van der Waals surface area contributed by atoms with Crippen molar-refractivity contribution in [1.82, 2.24) is 4.90 Å². The first kappa shape index (κ1) is 18.2. The average molecular weight is 382 g/mol. The zero-order chi connectivity index (χ0) is 19.5. The van der Waals surface area contributed by atoms with Gasteiger partial charge in [-0.05, 0) is 49.4 Å². The standard InChI is InChI=1S/C21H22N2O5/c1-2-26-21(25)15-3-6-17(7-4-15)22-9-11-23(12-10-22)20(24)16-5-8-18-19(13-16)28-14-27-18/h3-8,13H,2,9-12,14H2,1H3. The second-order valence-electron chi connectivity index (χ2n) is 6.61. The van der Waals surface area contributed by atoms with Crippen molar-refractivity contribution in [3.63, 3.8) is 0 Å². The summed E-state index contributed by atoms with van der Waals surface area (Å²) < 4.78 is 15.7. The lowest BCUT2D eigenvalue weighted by Crippen LogP contribution is -2.48. The van der Waals surface area contributed by atoms with Crippen LogP contribution in [0.5, 0.6) is 11.5 Å². The minimum Gasteiger partial charge on any atom is -0.462 e. The van der Waals surface area contributed by atoms with Crippen molar-refractivity contribution in [3.8, 4) is 11.5 Å². The fourth-order valence-corrected chi connectivity index (χ4v) is 3.40. The maximum Gasteiger partial charge on any atom is 0.338 e. The molecule has 0 bridgehead atoms. The molecule has 0 aliphatic carbocycles. The summed E-state index contributed by atoms with van der Waals surface area (Å²) in [5, 5.41) is 0. The molecular formula is C21H22N2O5. The van der Waals surface area contributed by atoms with Crippen LogP contribution in [0.3, 0.4) is 0 Å². The number of carbonyl (C=O) groups excluding carboxylic acids is 2. The van der Waals surface area contributed by atoms with Crippen LogP contribution >= 0.6 is 0 Å². The molecule has 2 aliphatic heterocycles. The molecule has 2 aromatic carbocycles. The lowest BCUT2D eigenvalue weighted by atomic mass is 10.1. The van der Waals surface area contributed by atoms with Crippen LogP contribution in [0.4, 0.5) is 5.69 Å². The molecule has 7 heteroatoms. The van der Waals surface area contributed by atoms with Crippen LogP contribution in [-0.4, -0.2) is 56.4 Å². The van der Waals surface area contributed by atoms with Gasteiger partial charge in [0.2, 0.25) is 6.79 Å². The largest absolute Gasteiger partial charge is 0.462 e. The maximum absolute atomic E-state index is 12.8. The number of hydrogen-bond acceptors (Lipinski definition) is 6. The minimum atomic E-state index is -0.312. The van der Waals surface area contributed by atoms with Crippen molar-refractivity contribution in [2.75, 3.05) is 44.5 Å². The predicted octanol–water partition coefficient (Wildman–Crippen LogP) is 2.55. The Kier molecular flexibility index (Phi) is 5.06.